The molecule has 0 spiro atoms. The van der Waals surface area contributed by atoms with E-state index in [0.29, 0.717) is 24.8 Å². The third-order valence-corrected chi connectivity index (χ3v) is 7.36. The van der Waals surface area contributed by atoms with Crippen molar-refractivity contribution < 1.29 is 14.7 Å². The molecule has 0 atom stereocenters. The topological polar surface area (TPSA) is 81.9 Å². The number of rotatable bonds is 4. The number of nitrogens with zero attached hydrogens (tertiary/aromatic N) is 5. The molecule has 0 radical (unpaired) electrons. The number of hydrogen-bond donors (Lipinski definition) is 1. The predicted molar refractivity (Wildman–Crippen MR) is 123 cm³/mol. The first-order valence-electron chi connectivity index (χ1n) is 11.8. The van der Waals surface area contributed by atoms with Gasteiger partial charge in [-0.05, 0) is 62.1 Å². The minimum atomic E-state index is -0.241. The smallest absolute Gasteiger partial charge is 0.290 e. The van der Waals surface area contributed by atoms with Crippen LogP contribution in [0, 0.1) is 0 Å². The van der Waals surface area contributed by atoms with Crippen molar-refractivity contribution in [1.29, 1.82) is 0 Å². The first-order chi connectivity index (χ1) is 15.3. The molecule has 1 aliphatic heterocycles. The van der Waals surface area contributed by atoms with Crippen LogP contribution in [0.25, 0.3) is 11.0 Å². The summed E-state index contributed by atoms with van der Waals surface area (Å²) in [6.07, 6.45) is 5.35. The third kappa shape index (κ3) is 3.74. The van der Waals surface area contributed by atoms with Gasteiger partial charge in [0.1, 0.15) is 12.1 Å². The van der Waals surface area contributed by atoms with Crippen LogP contribution in [-0.2, 0) is 11.8 Å². The van der Waals surface area contributed by atoms with Crippen LogP contribution in [0.15, 0.2) is 12.1 Å². The second-order valence-electron chi connectivity index (χ2n) is 9.85. The van der Waals surface area contributed by atoms with Crippen molar-refractivity contribution in [3.63, 3.8) is 0 Å². The highest BCUT2D eigenvalue weighted by Crippen LogP contribution is 2.43. The zero-order chi connectivity index (χ0) is 22.6. The molecule has 2 amide bonds. The zero-order valence-corrected chi connectivity index (χ0v) is 19.3. The van der Waals surface area contributed by atoms with E-state index in [1.54, 1.807) is 4.90 Å². The van der Waals surface area contributed by atoms with E-state index in [1.807, 2.05) is 30.6 Å². The van der Waals surface area contributed by atoms with Gasteiger partial charge >= 0.3 is 0 Å². The molecular weight excluding hydrogens is 406 g/mol. The average molecular weight is 440 g/mol. The van der Waals surface area contributed by atoms with E-state index in [9.17, 15) is 14.7 Å². The molecule has 8 heteroatoms. The van der Waals surface area contributed by atoms with Gasteiger partial charge in [-0.2, -0.15) is 0 Å². The summed E-state index contributed by atoms with van der Waals surface area (Å²) < 4.78 is 1.88. The molecule has 1 aromatic heterocycles. The fourth-order valence-electron chi connectivity index (χ4n) is 5.23. The van der Waals surface area contributed by atoms with Crippen LogP contribution in [0.4, 0.5) is 5.69 Å². The molecule has 1 N–H and O–H groups in total. The number of carbonyl (C=O) groups is 2. The van der Waals surface area contributed by atoms with E-state index in [-0.39, 0.29) is 30.5 Å². The fourth-order valence-corrected chi connectivity index (χ4v) is 5.23. The van der Waals surface area contributed by atoms with Gasteiger partial charge in [0.05, 0.1) is 17.3 Å². The maximum Gasteiger partial charge on any atom is 0.290 e. The molecule has 1 saturated heterocycles. The normalized spacial score (nSPS) is 24.3. The van der Waals surface area contributed by atoms with Gasteiger partial charge in [-0.3, -0.25) is 9.59 Å². The van der Waals surface area contributed by atoms with Crippen molar-refractivity contribution in [2.24, 2.45) is 7.05 Å². The Morgan fingerprint density at radius 3 is 2.44 bits per heavy atom. The SMILES string of the molecule is CN(C)c1cc(C2CC2)cc2c1nc(C(=O)N1CCN(C3CCC(O)CC3)C(=O)C1)n2C. The quantitative estimate of drug-likeness (QED) is 0.789. The molecule has 0 unspecified atom stereocenters. The van der Waals surface area contributed by atoms with Gasteiger partial charge in [0.25, 0.3) is 5.91 Å². The lowest BCUT2D eigenvalue weighted by Crippen LogP contribution is -2.56. The lowest BCUT2D eigenvalue weighted by molar-refractivity contribution is -0.138. The van der Waals surface area contributed by atoms with Crippen molar-refractivity contribution in [1.82, 2.24) is 19.4 Å². The molecule has 32 heavy (non-hydrogen) atoms. The number of aliphatic hydroxyl groups is 1. The Bertz CT molecular complexity index is 1050. The van der Waals surface area contributed by atoms with Gasteiger partial charge in [-0.1, -0.05) is 0 Å². The lowest BCUT2D eigenvalue weighted by atomic mass is 9.91. The van der Waals surface area contributed by atoms with Crippen LogP contribution in [0.2, 0.25) is 0 Å². The molecule has 8 nitrogen and oxygen atoms in total. The number of imidazole rings is 1. The summed E-state index contributed by atoms with van der Waals surface area (Å²) >= 11 is 0. The number of aliphatic hydroxyl groups excluding tert-OH is 1. The number of hydrogen-bond acceptors (Lipinski definition) is 5. The summed E-state index contributed by atoms with van der Waals surface area (Å²) in [6.45, 7) is 1.15. The Kier molecular flexibility index (Phi) is 5.35. The standard InChI is InChI=1S/C24H33N5O3/c1-26(2)19-12-16(15-4-5-15)13-20-22(19)25-23(27(20)3)24(32)28-10-11-29(21(31)14-28)17-6-8-18(30)9-7-17/h12-13,15,17-18,30H,4-11,14H2,1-3H3. The fraction of sp³-hybridized carbons (Fsp3) is 0.625. The Hall–Kier alpha value is -2.61. The van der Waals surface area contributed by atoms with Crippen molar-refractivity contribution in [2.75, 3.05) is 38.6 Å². The van der Waals surface area contributed by atoms with E-state index in [2.05, 4.69) is 17.0 Å². The Balaban J connectivity index is 1.38. The Labute approximate surface area is 188 Å². The van der Waals surface area contributed by atoms with E-state index in [1.165, 1.54) is 18.4 Å². The summed E-state index contributed by atoms with van der Waals surface area (Å²) in [5.41, 5.74) is 4.13. The molecule has 0 bridgehead atoms. The van der Waals surface area contributed by atoms with Crippen LogP contribution in [0.1, 0.15) is 60.6 Å². The van der Waals surface area contributed by atoms with E-state index < -0.39 is 0 Å². The minimum absolute atomic E-state index is 0.00486. The van der Waals surface area contributed by atoms with E-state index >= 15 is 0 Å². The van der Waals surface area contributed by atoms with Gasteiger partial charge in [0.15, 0.2) is 5.82 Å². The zero-order valence-electron chi connectivity index (χ0n) is 19.3. The molecular formula is C24H33N5O3. The van der Waals surface area contributed by atoms with Gasteiger partial charge in [0, 0.05) is 40.3 Å². The number of piperazine rings is 1. The first kappa shape index (κ1) is 21.2. The first-order valence-corrected chi connectivity index (χ1v) is 11.8. The Morgan fingerprint density at radius 2 is 1.81 bits per heavy atom. The maximum atomic E-state index is 13.4. The second kappa shape index (κ2) is 8.06. The largest absolute Gasteiger partial charge is 0.393 e. The number of fused-ring (bicyclic) bond motifs is 1. The van der Waals surface area contributed by atoms with Crippen molar-refractivity contribution in [3.05, 3.63) is 23.5 Å². The summed E-state index contributed by atoms with van der Waals surface area (Å²) in [4.78, 5) is 36.6. The number of aryl methyl sites for hydroxylation is 1. The number of amides is 2. The molecule has 3 aliphatic rings. The summed E-state index contributed by atoms with van der Waals surface area (Å²) in [6, 6.07) is 4.55. The monoisotopic (exact) mass is 439 g/mol. The van der Waals surface area contributed by atoms with Gasteiger partial charge in [-0.25, -0.2) is 4.98 Å². The lowest BCUT2D eigenvalue weighted by Gasteiger charge is -2.41. The highest BCUT2D eigenvalue weighted by molar-refractivity contribution is 6.00. The molecule has 2 saturated carbocycles. The van der Waals surface area contributed by atoms with Crippen molar-refractivity contribution in [2.45, 2.75) is 56.6 Å². The summed E-state index contributed by atoms with van der Waals surface area (Å²) in [5, 5.41) is 9.75. The van der Waals surface area contributed by atoms with Gasteiger partial charge in [0.2, 0.25) is 5.91 Å². The minimum Gasteiger partial charge on any atom is -0.393 e. The van der Waals surface area contributed by atoms with Crippen LogP contribution >= 0.6 is 0 Å². The third-order valence-electron chi connectivity index (χ3n) is 7.36. The second-order valence-corrected chi connectivity index (χ2v) is 9.85. The molecule has 2 heterocycles. The molecule has 172 valence electrons. The van der Waals surface area contributed by atoms with Crippen LogP contribution in [-0.4, -0.2) is 82.1 Å². The van der Waals surface area contributed by atoms with Crippen molar-refractivity contribution in [3.8, 4) is 0 Å². The predicted octanol–water partition coefficient (Wildman–Crippen LogP) is 2.10. The highest BCUT2D eigenvalue weighted by atomic mass is 16.3. The molecule has 2 aliphatic carbocycles. The van der Waals surface area contributed by atoms with Crippen molar-refractivity contribution >= 4 is 28.5 Å². The van der Waals surface area contributed by atoms with Gasteiger partial charge in [-0.15, -0.1) is 0 Å². The highest BCUT2D eigenvalue weighted by Gasteiger charge is 2.35. The molecule has 3 fully saturated rings. The van der Waals surface area contributed by atoms with E-state index in [4.69, 9.17) is 4.98 Å². The average Bonchev–Trinajstić information content (AvgIpc) is 3.57. The maximum absolute atomic E-state index is 13.4. The summed E-state index contributed by atoms with van der Waals surface area (Å²) in [5.74, 6) is 0.806. The van der Waals surface area contributed by atoms with Crippen LogP contribution in [0.3, 0.4) is 0 Å². The van der Waals surface area contributed by atoms with Gasteiger partial charge < -0.3 is 24.4 Å². The molecule has 5 rings (SSSR count). The van der Waals surface area contributed by atoms with Crippen LogP contribution < -0.4 is 4.90 Å². The summed E-state index contributed by atoms with van der Waals surface area (Å²) in [7, 11) is 5.90. The van der Waals surface area contributed by atoms with E-state index in [0.717, 1.165) is 42.4 Å². The van der Waals surface area contributed by atoms with Crippen LogP contribution in [0.5, 0.6) is 0 Å². The number of aromatic nitrogens is 2. The number of carbonyl (C=O) groups excluding carboxylic acids is 2. The molecule has 1 aromatic carbocycles. The Morgan fingerprint density at radius 1 is 1.09 bits per heavy atom. The molecule has 2 aromatic rings. The number of benzene rings is 1. The number of anilines is 1.